The summed E-state index contributed by atoms with van der Waals surface area (Å²) in [6.45, 7) is 4.42. The van der Waals surface area contributed by atoms with Crippen molar-refractivity contribution in [2.24, 2.45) is 5.73 Å². The van der Waals surface area contributed by atoms with Crippen LogP contribution >= 0.6 is 24.0 Å². The van der Waals surface area contributed by atoms with Gasteiger partial charge in [0.05, 0.1) is 0 Å². The van der Waals surface area contributed by atoms with Crippen molar-refractivity contribution in [2.45, 2.75) is 37.6 Å². The Hall–Kier alpha value is -0.740. The normalized spacial score (nSPS) is 10.7. The fourth-order valence-corrected chi connectivity index (χ4v) is 3.18. The first-order valence-electron chi connectivity index (χ1n) is 6.26. The van der Waals surface area contributed by atoms with Gasteiger partial charge in [0.25, 0.3) is 0 Å². The van der Waals surface area contributed by atoms with Gasteiger partial charge in [0.1, 0.15) is 4.99 Å². The van der Waals surface area contributed by atoms with Crippen LogP contribution in [-0.4, -0.2) is 24.3 Å². The van der Waals surface area contributed by atoms with E-state index >= 15 is 0 Å². The van der Waals surface area contributed by atoms with Gasteiger partial charge in [-0.1, -0.05) is 32.1 Å². The average Bonchev–Trinajstić information content (AvgIpc) is 2.38. The molecule has 0 aromatic heterocycles. The summed E-state index contributed by atoms with van der Waals surface area (Å²) in [5.74, 6) is 0. The van der Waals surface area contributed by atoms with Gasteiger partial charge in [0, 0.05) is 29.2 Å². The predicted molar refractivity (Wildman–Crippen MR) is 86.9 cm³/mol. The smallest absolute Gasteiger partial charge is 0.107 e. The Balaban J connectivity index is 3.26. The summed E-state index contributed by atoms with van der Waals surface area (Å²) in [5.41, 5.74) is 8.05. The van der Waals surface area contributed by atoms with Crippen molar-refractivity contribution in [1.29, 1.82) is 0 Å². The zero-order chi connectivity index (χ0) is 13.7. The lowest BCUT2D eigenvalue weighted by Crippen LogP contribution is -2.32. The topological polar surface area (TPSA) is 29.3 Å². The van der Waals surface area contributed by atoms with Crippen LogP contribution in [0.1, 0.15) is 32.3 Å². The summed E-state index contributed by atoms with van der Waals surface area (Å²) >= 11 is 6.91. The second-order valence-corrected chi connectivity index (χ2v) is 5.59. The fraction of sp³-hybridized carbons (Fsp3) is 0.500. The summed E-state index contributed by atoms with van der Waals surface area (Å²) in [6, 6.07) is 6.77. The molecule has 0 heterocycles. The Morgan fingerprint density at radius 2 is 2.00 bits per heavy atom. The molecular weight excluding hydrogens is 260 g/mol. The second-order valence-electron chi connectivity index (χ2n) is 4.30. The fourth-order valence-electron chi connectivity index (χ4n) is 2.26. The largest absolute Gasteiger partial charge is 0.389 e. The van der Waals surface area contributed by atoms with Gasteiger partial charge in [-0.3, -0.25) is 0 Å². The van der Waals surface area contributed by atoms with E-state index in [1.54, 1.807) is 11.8 Å². The van der Waals surface area contributed by atoms with Crippen LogP contribution in [-0.2, 0) is 0 Å². The molecule has 0 fully saturated rings. The van der Waals surface area contributed by atoms with Gasteiger partial charge in [-0.25, -0.2) is 0 Å². The molecule has 2 N–H and O–H groups in total. The van der Waals surface area contributed by atoms with Crippen LogP contribution < -0.4 is 10.6 Å². The van der Waals surface area contributed by atoms with Crippen molar-refractivity contribution in [3.63, 3.8) is 0 Å². The number of benzene rings is 1. The molecule has 2 nitrogen and oxygen atoms in total. The monoisotopic (exact) mass is 282 g/mol. The molecule has 100 valence electrons. The van der Waals surface area contributed by atoms with Crippen LogP contribution in [0, 0.1) is 0 Å². The maximum absolute atomic E-state index is 5.90. The van der Waals surface area contributed by atoms with Gasteiger partial charge < -0.3 is 10.6 Å². The van der Waals surface area contributed by atoms with Crippen LogP contribution in [0.3, 0.4) is 0 Å². The highest BCUT2D eigenvalue weighted by Crippen LogP contribution is 2.30. The Bertz CT molecular complexity index is 414. The lowest BCUT2D eigenvalue weighted by molar-refractivity contribution is 0.591. The minimum Gasteiger partial charge on any atom is -0.389 e. The average molecular weight is 282 g/mol. The van der Waals surface area contributed by atoms with E-state index in [4.69, 9.17) is 18.0 Å². The van der Waals surface area contributed by atoms with E-state index in [0.717, 1.165) is 29.0 Å². The third-order valence-corrected chi connectivity index (χ3v) is 4.32. The molecule has 0 atom stereocenters. The summed E-state index contributed by atoms with van der Waals surface area (Å²) < 4.78 is 0. The summed E-state index contributed by atoms with van der Waals surface area (Å²) in [6.07, 6.45) is 4.29. The van der Waals surface area contributed by atoms with E-state index in [1.807, 2.05) is 0 Å². The van der Waals surface area contributed by atoms with E-state index in [0.29, 0.717) is 11.0 Å². The highest BCUT2D eigenvalue weighted by molar-refractivity contribution is 7.98. The lowest BCUT2D eigenvalue weighted by Gasteiger charge is -2.30. The minimum absolute atomic E-state index is 0.479. The first-order chi connectivity index (χ1) is 8.56. The SMILES string of the molecule is CCC(CC)N(C)c1cccc(SC)c1C(N)=S. The van der Waals surface area contributed by atoms with E-state index < -0.39 is 0 Å². The molecule has 18 heavy (non-hydrogen) atoms. The molecule has 1 aromatic carbocycles. The van der Waals surface area contributed by atoms with Crippen molar-refractivity contribution >= 4 is 34.7 Å². The van der Waals surface area contributed by atoms with Crippen molar-refractivity contribution in [3.05, 3.63) is 23.8 Å². The molecule has 1 aromatic rings. The number of hydrogen-bond acceptors (Lipinski definition) is 3. The number of thioether (sulfide) groups is 1. The third-order valence-electron chi connectivity index (χ3n) is 3.34. The van der Waals surface area contributed by atoms with E-state index in [9.17, 15) is 0 Å². The predicted octanol–water partition coefficient (Wildman–Crippen LogP) is 3.67. The molecule has 0 aliphatic rings. The maximum Gasteiger partial charge on any atom is 0.107 e. The van der Waals surface area contributed by atoms with Crippen molar-refractivity contribution < 1.29 is 0 Å². The van der Waals surface area contributed by atoms with Gasteiger partial charge in [-0.05, 0) is 31.2 Å². The number of nitrogens with two attached hydrogens (primary N) is 1. The highest BCUT2D eigenvalue weighted by Gasteiger charge is 2.18. The van der Waals surface area contributed by atoms with E-state index in [2.05, 4.69) is 50.2 Å². The van der Waals surface area contributed by atoms with Crippen LogP contribution in [0.15, 0.2) is 23.1 Å². The van der Waals surface area contributed by atoms with E-state index in [-0.39, 0.29) is 0 Å². The molecule has 0 spiro atoms. The molecule has 0 radical (unpaired) electrons. The first-order valence-corrected chi connectivity index (χ1v) is 7.89. The van der Waals surface area contributed by atoms with E-state index in [1.165, 1.54) is 0 Å². The summed E-state index contributed by atoms with van der Waals surface area (Å²) in [7, 11) is 2.12. The molecule has 0 bridgehead atoms. The molecule has 0 amide bonds. The molecule has 0 unspecified atom stereocenters. The number of nitrogens with zero attached hydrogens (tertiary/aromatic N) is 1. The van der Waals surface area contributed by atoms with Gasteiger partial charge in [-0.15, -0.1) is 11.8 Å². The van der Waals surface area contributed by atoms with Crippen LogP contribution in [0.2, 0.25) is 0 Å². The summed E-state index contributed by atoms with van der Waals surface area (Å²) in [4.78, 5) is 3.93. The Morgan fingerprint density at radius 1 is 1.39 bits per heavy atom. The standard InChI is InChI=1S/C14H22N2S2/c1-5-10(6-2)16(3)11-8-7-9-12(18-4)13(11)14(15)17/h7-10H,5-6H2,1-4H3,(H2,15,17). The minimum atomic E-state index is 0.479. The Morgan fingerprint density at radius 3 is 2.44 bits per heavy atom. The first kappa shape index (κ1) is 15.3. The van der Waals surface area contributed by atoms with Gasteiger partial charge >= 0.3 is 0 Å². The number of rotatable bonds is 6. The zero-order valence-electron chi connectivity index (χ0n) is 11.6. The maximum atomic E-state index is 5.90. The number of anilines is 1. The van der Waals surface area contributed by atoms with Crippen molar-refractivity contribution in [2.75, 3.05) is 18.2 Å². The summed E-state index contributed by atoms with van der Waals surface area (Å²) in [5, 5.41) is 0. The van der Waals surface area contributed by atoms with Crippen LogP contribution in [0.25, 0.3) is 0 Å². The van der Waals surface area contributed by atoms with Crippen LogP contribution in [0.5, 0.6) is 0 Å². The second kappa shape index (κ2) is 7.00. The quantitative estimate of drug-likeness (QED) is 0.637. The number of thiocarbonyl (C=S) groups is 1. The zero-order valence-corrected chi connectivity index (χ0v) is 13.2. The molecule has 0 aliphatic heterocycles. The van der Waals surface area contributed by atoms with Crippen LogP contribution in [0.4, 0.5) is 5.69 Å². The van der Waals surface area contributed by atoms with Gasteiger partial charge in [-0.2, -0.15) is 0 Å². The Kier molecular flexibility index (Phi) is 5.96. The van der Waals surface area contributed by atoms with Crippen molar-refractivity contribution in [1.82, 2.24) is 0 Å². The highest BCUT2D eigenvalue weighted by atomic mass is 32.2. The number of hydrogen-bond donors (Lipinski definition) is 1. The lowest BCUT2D eigenvalue weighted by atomic mass is 10.1. The molecule has 1 rings (SSSR count). The molecule has 0 saturated heterocycles. The molecule has 0 aliphatic carbocycles. The Labute approximate surface area is 120 Å². The van der Waals surface area contributed by atoms with Gasteiger partial charge in [0.15, 0.2) is 0 Å². The van der Waals surface area contributed by atoms with Gasteiger partial charge in [0.2, 0.25) is 0 Å². The molecule has 0 saturated carbocycles. The third kappa shape index (κ3) is 3.18. The molecular formula is C14H22N2S2. The van der Waals surface area contributed by atoms with Crippen molar-refractivity contribution in [3.8, 4) is 0 Å². The molecule has 4 heteroatoms.